The Labute approximate surface area is 183 Å². The van der Waals surface area contributed by atoms with Gasteiger partial charge in [0.2, 0.25) is 11.8 Å². The fourth-order valence-electron chi connectivity index (χ4n) is 2.54. The summed E-state index contributed by atoms with van der Waals surface area (Å²) in [5.41, 5.74) is 1.82. The summed E-state index contributed by atoms with van der Waals surface area (Å²) >= 11 is 1.21. The maximum atomic E-state index is 12.1. The Morgan fingerprint density at radius 3 is 1.81 bits per heavy atom. The summed E-state index contributed by atoms with van der Waals surface area (Å²) in [5, 5.41) is 8.21. The number of amides is 3. The lowest BCUT2D eigenvalue weighted by atomic mass is 10.2. The first-order valence-corrected chi connectivity index (χ1v) is 10.5. The molecule has 3 N–H and O–H groups in total. The average molecular weight is 439 g/mol. The predicted octanol–water partition coefficient (Wildman–Crippen LogP) is 3.85. The Bertz CT molecular complexity index is 1020. The van der Waals surface area contributed by atoms with Crippen molar-refractivity contribution in [2.45, 2.75) is 0 Å². The van der Waals surface area contributed by atoms with Crippen molar-refractivity contribution in [3.05, 3.63) is 72.7 Å². The van der Waals surface area contributed by atoms with Gasteiger partial charge in [0.05, 0.1) is 24.9 Å². The van der Waals surface area contributed by atoms with Crippen molar-refractivity contribution in [3.63, 3.8) is 0 Å². The zero-order valence-electron chi connectivity index (χ0n) is 16.7. The van der Waals surface area contributed by atoms with E-state index in [4.69, 9.17) is 9.15 Å². The Balaban J connectivity index is 1.38. The van der Waals surface area contributed by atoms with E-state index >= 15 is 0 Å². The molecular weight excluding hydrogens is 418 g/mol. The van der Waals surface area contributed by atoms with E-state index in [1.54, 1.807) is 67.8 Å². The van der Waals surface area contributed by atoms with Crippen LogP contribution < -0.4 is 20.7 Å². The second-order valence-corrected chi connectivity index (χ2v) is 7.31. The molecule has 160 valence electrons. The highest BCUT2D eigenvalue weighted by atomic mass is 32.2. The van der Waals surface area contributed by atoms with E-state index < -0.39 is 0 Å². The van der Waals surface area contributed by atoms with Crippen LogP contribution >= 0.6 is 11.8 Å². The molecule has 8 nitrogen and oxygen atoms in total. The average Bonchev–Trinajstić information content (AvgIpc) is 3.31. The maximum Gasteiger partial charge on any atom is 0.291 e. The topological polar surface area (TPSA) is 110 Å². The van der Waals surface area contributed by atoms with Crippen LogP contribution in [0.4, 0.5) is 17.1 Å². The molecule has 9 heteroatoms. The highest BCUT2D eigenvalue weighted by Crippen LogP contribution is 2.17. The molecule has 3 amide bonds. The first kappa shape index (κ1) is 22.0. The van der Waals surface area contributed by atoms with E-state index in [1.807, 2.05) is 0 Å². The van der Waals surface area contributed by atoms with Gasteiger partial charge in [0.25, 0.3) is 5.91 Å². The minimum Gasteiger partial charge on any atom is -0.497 e. The van der Waals surface area contributed by atoms with Gasteiger partial charge in [-0.3, -0.25) is 14.4 Å². The Morgan fingerprint density at radius 1 is 0.806 bits per heavy atom. The molecule has 0 saturated carbocycles. The number of thioether (sulfide) groups is 1. The van der Waals surface area contributed by atoms with Gasteiger partial charge in [0, 0.05) is 17.1 Å². The first-order valence-electron chi connectivity index (χ1n) is 9.30. The Hall–Kier alpha value is -3.72. The van der Waals surface area contributed by atoms with Gasteiger partial charge in [-0.2, -0.15) is 0 Å². The zero-order valence-corrected chi connectivity index (χ0v) is 17.5. The highest BCUT2D eigenvalue weighted by molar-refractivity contribution is 8.00. The summed E-state index contributed by atoms with van der Waals surface area (Å²) < 4.78 is 10.1. The van der Waals surface area contributed by atoms with Gasteiger partial charge >= 0.3 is 0 Å². The Morgan fingerprint density at radius 2 is 1.32 bits per heavy atom. The highest BCUT2D eigenvalue weighted by Gasteiger charge is 2.10. The zero-order chi connectivity index (χ0) is 22.1. The van der Waals surface area contributed by atoms with E-state index in [0.717, 1.165) is 0 Å². The summed E-state index contributed by atoms with van der Waals surface area (Å²) in [7, 11) is 1.57. The minimum absolute atomic E-state index is 0.132. The van der Waals surface area contributed by atoms with Crippen molar-refractivity contribution in [2.75, 3.05) is 34.6 Å². The van der Waals surface area contributed by atoms with Crippen molar-refractivity contribution < 1.29 is 23.5 Å². The van der Waals surface area contributed by atoms with Crippen molar-refractivity contribution in [1.82, 2.24) is 0 Å². The molecule has 0 unspecified atom stereocenters. The molecular formula is C22H21N3O5S. The van der Waals surface area contributed by atoms with Crippen molar-refractivity contribution in [2.24, 2.45) is 0 Å². The van der Waals surface area contributed by atoms with Gasteiger partial charge in [0.1, 0.15) is 5.75 Å². The van der Waals surface area contributed by atoms with Crippen LogP contribution in [0.25, 0.3) is 0 Å². The predicted molar refractivity (Wildman–Crippen MR) is 121 cm³/mol. The van der Waals surface area contributed by atoms with Crippen LogP contribution in [0.2, 0.25) is 0 Å². The van der Waals surface area contributed by atoms with Crippen LogP contribution in [0.5, 0.6) is 5.75 Å². The van der Waals surface area contributed by atoms with Crippen LogP contribution in [0.3, 0.4) is 0 Å². The molecule has 3 aromatic rings. The lowest BCUT2D eigenvalue weighted by Gasteiger charge is -2.08. The summed E-state index contributed by atoms with van der Waals surface area (Å²) in [6.07, 6.45) is 1.42. The number of ether oxygens (including phenoxy) is 1. The number of furan rings is 1. The van der Waals surface area contributed by atoms with Crippen molar-refractivity contribution in [1.29, 1.82) is 0 Å². The second kappa shape index (κ2) is 10.9. The number of anilines is 3. The Kier molecular flexibility index (Phi) is 7.72. The lowest BCUT2D eigenvalue weighted by Crippen LogP contribution is -2.18. The fourth-order valence-corrected chi connectivity index (χ4v) is 3.16. The number of nitrogens with one attached hydrogen (secondary N) is 3. The summed E-state index contributed by atoms with van der Waals surface area (Å²) in [4.78, 5) is 36.0. The molecule has 0 aliphatic carbocycles. The number of hydrogen-bond donors (Lipinski definition) is 3. The molecule has 0 bridgehead atoms. The third kappa shape index (κ3) is 6.93. The SMILES string of the molecule is COc1ccc(NC(=O)CSCC(=O)Nc2ccc(NC(=O)c3ccco3)cc2)cc1. The van der Waals surface area contributed by atoms with Gasteiger partial charge in [-0.05, 0) is 60.7 Å². The number of benzene rings is 2. The van der Waals surface area contributed by atoms with Crippen LogP contribution in [0.1, 0.15) is 10.6 Å². The monoisotopic (exact) mass is 439 g/mol. The van der Waals surface area contributed by atoms with Gasteiger partial charge in [-0.1, -0.05) is 0 Å². The molecule has 0 radical (unpaired) electrons. The quantitative estimate of drug-likeness (QED) is 0.467. The first-order chi connectivity index (χ1) is 15.0. The van der Waals surface area contributed by atoms with E-state index in [-0.39, 0.29) is 35.0 Å². The van der Waals surface area contributed by atoms with Crippen LogP contribution in [0, 0.1) is 0 Å². The molecule has 1 aromatic heterocycles. The number of carbonyl (C=O) groups excluding carboxylic acids is 3. The standard InChI is InChI=1S/C22H21N3O5S/c1-29-18-10-8-16(9-11-18)24-21(27)14-31-13-20(26)23-15-4-6-17(7-5-15)25-22(28)19-3-2-12-30-19/h2-12H,13-14H2,1H3,(H,23,26)(H,24,27)(H,25,28). The molecule has 0 aliphatic heterocycles. The fraction of sp³-hybridized carbons (Fsp3) is 0.136. The van der Waals surface area contributed by atoms with Gasteiger partial charge in [-0.15, -0.1) is 11.8 Å². The molecule has 0 saturated heterocycles. The number of methoxy groups -OCH3 is 1. The van der Waals surface area contributed by atoms with Gasteiger partial charge in [-0.25, -0.2) is 0 Å². The van der Waals surface area contributed by atoms with Crippen LogP contribution in [0.15, 0.2) is 71.3 Å². The number of carbonyl (C=O) groups is 3. The lowest BCUT2D eigenvalue weighted by molar-refractivity contribution is -0.114. The molecule has 0 atom stereocenters. The number of rotatable bonds is 9. The molecule has 3 rings (SSSR count). The molecule has 0 aliphatic rings. The third-order valence-electron chi connectivity index (χ3n) is 4.01. The van der Waals surface area contributed by atoms with Crippen LogP contribution in [-0.4, -0.2) is 36.3 Å². The molecule has 0 fully saturated rings. The molecule has 1 heterocycles. The third-order valence-corrected chi connectivity index (χ3v) is 4.94. The molecule has 31 heavy (non-hydrogen) atoms. The summed E-state index contributed by atoms with van der Waals surface area (Å²) in [5.74, 6) is 0.423. The minimum atomic E-state index is -0.355. The van der Waals surface area contributed by atoms with E-state index in [0.29, 0.717) is 22.8 Å². The largest absolute Gasteiger partial charge is 0.497 e. The normalized spacial score (nSPS) is 10.2. The smallest absolute Gasteiger partial charge is 0.291 e. The number of hydrogen-bond acceptors (Lipinski definition) is 6. The second-order valence-electron chi connectivity index (χ2n) is 6.33. The van der Waals surface area contributed by atoms with Crippen LogP contribution in [-0.2, 0) is 9.59 Å². The van der Waals surface area contributed by atoms with Crippen molar-refractivity contribution in [3.8, 4) is 5.75 Å². The summed E-state index contributed by atoms with van der Waals surface area (Å²) in [6, 6.07) is 16.9. The summed E-state index contributed by atoms with van der Waals surface area (Å²) in [6.45, 7) is 0. The molecule has 0 spiro atoms. The van der Waals surface area contributed by atoms with Crippen molar-refractivity contribution >= 4 is 46.5 Å². The van der Waals surface area contributed by atoms with Gasteiger partial charge < -0.3 is 25.1 Å². The van der Waals surface area contributed by atoms with E-state index in [9.17, 15) is 14.4 Å². The maximum absolute atomic E-state index is 12.1. The molecule has 2 aromatic carbocycles. The van der Waals surface area contributed by atoms with Gasteiger partial charge in [0.15, 0.2) is 5.76 Å². The van der Waals surface area contributed by atoms with E-state index in [2.05, 4.69) is 16.0 Å². The van der Waals surface area contributed by atoms with E-state index in [1.165, 1.54) is 18.0 Å².